The summed E-state index contributed by atoms with van der Waals surface area (Å²) in [5, 5.41) is 10.4. The average Bonchev–Trinajstić information content (AvgIpc) is 2.85. The van der Waals surface area contributed by atoms with Crippen molar-refractivity contribution in [2.24, 2.45) is 0 Å². The standard InChI is InChI=1S/C26H27N5O2/c27-16-22-15-20(3-7-25(22)28)24-9-10-29-17-21(24)4-8-26(32)30-23-5-1-19(2-6-23)18-31-11-13-33-14-12-31/h1-10,15-17,27H,11-14,18,28H2,(H,30,32)/b8-4+,27-16?. The lowest BCUT2D eigenvalue weighted by molar-refractivity contribution is -0.111. The monoisotopic (exact) mass is 441 g/mol. The van der Waals surface area contributed by atoms with Crippen LogP contribution in [-0.2, 0) is 16.1 Å². The zero-order chi connectivity index (χ0) is 23.0. The molecule has 0 saturated carbocycles. The third-order valence-corrected chi connectivity index (χ3v) is 5.55. The molecule has 0 radical (unpaired) electrons. The molecule has 1 aliphatic rings. The van der Waals surface area contributed by atoms with Gasteiger partial charge in [0.05, 0.1) is 13.2 Å². The number of aromatic nitrogens is 1. The minimum absolute atomic E-state index is 0.219. The first-order valence-corrected chi connectivity index (χ1v) is 10.8. The van der Waals surface area contributed by atoms with Gasteiger partial charge < -0.3 is 21.2 Å². The first-order valence-electron chi connectivity index (χ1n) is 10.8. The van der Waals surface area contributed by atoms with Gasteiger partial charge in [0.1, 0.15) is 0 Å². The molecule has 3 aromatic rings. The van der Waals surface area contributed by atoms with Gasteiger partial charge in [0.15, 0.2) is 0 Å². The minimum atomic E-state index is -0.219. The molecule has 1 aromatic heterocycles. The number of rotatable bonds is 7. The zero-order valence-electron chi connectivity index (χ0n) is 18.3. The van der Waals surface area contributed by atoms with Crippen LogP contribution < -0.4 is 11.1 Å². The molecule has 2 aromatic carbocycles. The summed E-state index contributed by atoms with van der Waals surface area (Å²) in [4.78, 5) is 19.0. The van der Waals surface area contributed by atoms with E-state index >= 15 is 0 Å². The number of carbonyl (C=O) groups is 1. The van der Waals surface area contributed by atoms with E-state index in [1.165, 1.54) is 17.9 Å². The molecule has 0 bridgehead atoms. The predicted octanol–water partition coefficient (Wildman–Crippen LogP) is 3.81. The fourth-order valence-electron chi connectivity index (χ4n) is 3.73. The van der Waals surface area contributed by atoms with E-state index in [1.54, 1.807) is 24.5 Å². The lowest BCUT2D eigenvalue weighted by Gasteiger charge is -2.26. The Morgan fingerprint density at radius 2 is 1.91 bits per heavy atom. The van der Waals surface area contributed by atoms with E-state index in [0.29, 0.717) is 11.3 Å². The lowest BCUT2D eigenvalue weighted by Crippen LogP contribution is -2.35. The minimum Gasteiger partial charge on any atom is -0.398 e. The topological polar surface area (TPSA) is 104 Å². The van der Waals surface area contributed by atoms with Crippen LogP contribution in [0.5, 0.6) is 0 Å². The summed E-state index contributed by atoms with van der Waals surface area (Å²) < 4.78 is 5.39. The molecule has 7 nitrogen and oxygen atoms in total. The van der Waals surface area contributed by atoms with Gasteiger partial charge in [-0.3, -0.25) is 14.7 Å². The Morgan fingerprint density at radius 3 is 2.67 bits per heavy atom. The Bertz CT molecular complexity index is 1150. The van der Waals surface area contributed by atoms with Crippen molar-refractivity contribution in [3.05, 3.63) is 83.7 Å². The highest BCUT2D eigenvalue weighted by Crippen LogP contribution is 2.26. The smallest absolute Gasteiger partial charge is 0.248 e. The number of nitrogen functional groups attached to an aromatic ring is 1. The lowest BCUT2D eigenvalue weighted by atomic mass is 9.99. The summed E-state index contributed by atoms with van der Waals surface area (Å²) >= 11 is 0. The van der Waals surface area contributed by atoms with Crippen LogP contribution in [0.15, 0.2) is 67.0 Å². The molecule has 168 valence electrons. The van der Waals surface area contributed by atoms with Crippen LogP contribution in [0.3, 0.4) is 0 Å². The van der Waals surface area contributed by atoms with Gasteiger partial charge in [0, 0.05) is 66.8 Å². The number of nitrogens with two attached hydrogens (primary N) is 1. The van der Waals surface area contributed by atoms with Crippen molar-refractivity contribution in [2.45, 2.75) is 6.54 Å². The average molecular weight is 442 g/mol. The summed E-state index contributed by atoms with van der Waals surface area (Å²) in [5.41, 5.74) is 11.7. The molecule has 1 fully saturated rings. The number of nitrogens with one attached hydrogen (secondary N) is 2. The largest absolute Gasteiger partial charge is 0.398 e. The van der Waals surface area contributed by atoms with Crippen LogP contribution in [0.25, 0.3) is 17.2 Å². The first-order chi connectivity index (χ1) is 16.1. The Balaban J connectivity index is 1.41. The van der Waals surface area contributed by atoms with Gasteiger partial charge in [-0.15, -0.1) is 0 Å². The van der Waals surface area contributed by atoms with Crippen LogP contribution in [0, 0.1) is 5.41 Å². The van der Waals surface area contributed by atoms with Crippen molar-refractivity contribution in [2.75, 3.05) is 37.4 Å². The Labute approximate surface area is 193 Å². The van der Waals surface area contributed by atoms with Gasteiger partial charge in [-0.25, -0.2) is 0 Å². The number of pyridine rings is 1. The molecular formula is C26H27N5O2. The highest BCUT2D eigenvalue weighted by molar-refractivity contribution is 6.02. The Morgan fingerprint density at radius 1 is 1.12 bits per heavy atom. The fourth-order valence-corrected chi connectivity index (χ4v) is 3.73. The fraction of sp³-hybridized carbons (Fsp3) is 0.192. The molecule has 1 amide bonds. The molecular weight excluding hydrogens is 414 g/mol. The molecule has 1 saturated heterocycles. The van der Waals surface area contributed by atoms with Crippen molar-refractivity contribution >= 4 is 29.6 Å². The number of hydrogen-bond acceptors (Lipinski definition) is 6. The molecule has 1 aliphatic heterocycles. The van der Waals surface area contributed by atoms with Crippen LogP contribution in [0.2, 0.25) is 0 Å². The predicted molar refractivity (Wildman–Crippen MR) is 132 cm³/mol. The molecule has 0 aliphatic carbocycles. The summed E-state index contributed by atoms with van der Waals surface area (Å²) in [6.45, 7) is 4.33. The SMILES string of the molecule is N=Cc1cc(-c2ccncc2/C=C/C(=O)Nc2ccc(CN3CCOCC3)cc2)ccc1N. The third-order valence-electron chi connectivity index (χ3n) is 5.55. The summed E-state index contributed by atoms with van der Waals surface area (Å²) in [7, 11) is 0. The number of carbonyl (C=O) groups excluding carboxylic acids is 1. The maximum absolute atomic E-state index is 12.5. The van der Waals surface area contributed by atoms with Crippen LogP contribution in [0.4, 0.5) is 11.4 Å². The first kappa shape index (κ1) is 22.4. The van der Waals surface area contributed by atoms with Crippen molar-refractivity contribution in [3.8, 4) is 11.1 Å². The molecule has 7 heteroatoms. The third kappa shape index (κ3) is 5.91. The summed E-state index contributed by atoms with van der Waals surface area (Å²) in [5.74, 6) is -0.219. The number of benzene rings is 2. The Kier molecular flexibility index (Phi) is 7.24. The second kappa shape index (κ2) is 10.7. The number of morpholine rings is 1. The van der Waals surface area contributed by atoms with Gasteiger partial charge in [-0.2, -0.15) is 0 Å². The molecule has 0 spiro atoms. The van der Waals surface area contributed by atoms with Gasteiger partial charge in [0.25, 0.3) is 0 Å². The van der Waals surface area contributed by atoms with Gasteiger partial charge in [-0.05, 0) is 53.1 Å². The molecule has 33 heavy (non-hydrogen) atoms. The van der Waals surface area contributed by atoms with E-state index in [9.17, 15) is 4.79 Å². The number of anilines is 2. The van der Waals surface area contributed by atoms with E-state index in [-0.39, 0.29) is 5.91 Å². The van der Waals surface area contributed by atoms with Crippen LogP contribution in [0.1, 0.15) is 16.7 Å². The van der Waals surface area contributed by atoms with Gasteiger partial charge >= 0.3 is 0 Å². The maximum atomic E-state index is 12.5. The Hall–Kier alpha value is -3.81. The highest BCUT2D eigenvalue weighted by atomic mass is 16.5. The normalized spacial score (nSPS) is 14.3. The second-order valence-electron chi connectivity index (χ2n) is 7.86. The summed E-state index contributed by atoms with van der Waals surface area (Å²) in [6, 6.07) is 15.3. The maximum Gasteiger partial charge on any atom is 0.248 e. The molecule has 4 rings (SSSR count). The van der Waals surface area contributed by atoms with Gasteiger partial charge in [-0.1, -0.05) is 18.2 Å². The molecule has 0 unspecified atom stereocenters. The zero-order valence-corrected chi connectivity index (χ0v) is 18.3. The molecule has 2 heterocycles. The second-order valence-corrected chi connectivity index (χ2v) is 7.86. The molecule has 4 N–H and O–H groups in total. The number of ether oxygens (including phenoxy) is 1. The highest BCUT2D eigenvalue weighted by Gasteiger charge is 2.11. The number of amides is 1. The van der Waals surface area contributed by atoms with Crippen molar-refractivity contribution in [1.29, 1.82) is 5.41 Å². The van der Waals surface area contributed by atoms with E-state index in [0.717, 1.165) is 55.2 Å². The van der Waals surface area contributed by atoms with E-state index < -0.39 is 0 Å². The van der Waals surface area contributed by atoms with E-state index in [2.05, 4.69) is 15.2 Å². The summed E-state index contributed by atoms with van der Waals surface area (Å²) in [6.07, 6.45) is 7.88. The van der Waals surface area contributed by atoms with Crippen LogP contribution >= 0.6 is 0 Å². The molecule has 0 atom stereocenters. The number of nitrogens with zero attached hydrogens (tertiary/aromatic N) is 2. The van der Waals surface area contributed by atoms with E-state index in [1.807, 2.05) is 42.5 Å². The number of hydrogen-bond donors (Lipinski definition) is 3. The van der Waals surface area contributed by atoms with Crippen molar-refractivity contribution < 1.29 is 9.53 Å². The van der Waals surface area contributed by atoms with Crippen LogP contribution in [-0.4, -0.2) is 48.3 Å². The quantitative estimate of drug-likeness (QED) is 0.294. The van der Waals surface area contributed by atoms with Crippen molar-refractivity contribution in [3.63, 3.8) is 0 Å². The van der Waals surface area contributed by atoms with Crippen molar-refractivity contribution in [1.82, 2.24) is 9.88 Å². The van der Waals surface area contributed by atoms with E-state index in [4.69, 9.17) is 15.9 Å². The van der Waals surface area contributed by atoms with Gasteiger partial charge in [0.2, 0.25) is 5.91 Å².